The number of hydrogen-bond donors (Lipinski definition) is 3. The number of anilines is 1. The van der Waals surface area contributed by atoms with Crippen molar-refractivity contribution in [1.82, 2.24) is 34.2 Å². The van der Waals surface area contributed by atoms with Crippen molar-refractivity contribution in [3.8, 4) is 0 Å². The third-order valence-electron chi connectivity index (χ3n) is 7.82. The number of aromatic amines is 2. The standard InChI is InChI=1S/C17H24N4O3.C9H18N2O2.C8H7BrN2O.C2H6.CH5P.ClH.H2IP/c1-17(2,3)24-16(23)21-9-7-20(8-10-21)12-5-6-13-14(11-12)19(4)15(22)18-13;1-9(2,3)13-8(12)11-6-4-10-5-7-11;1-11-7-4-5(9)2-3-6(7)10-8(11)12;2*1-2;;1-2/h5-6,11H,7-10H2,1-4H3,(H,18,22);10H,4-7H2,1-3H3;2-4H,1H3,(H,10,12);1-2H3;2H2,1H3;1H;2H2. The predicted octanol–water partition coefficient (Wildman–Crippen LogP) is 7.53. The molecule has 14 nitrogen and oxygen atoms in total. The number of fused-ring (bicyclic) bond motifs is 2. The fraction of sp³-hybridized carbons (Fsp3) is 0.568. The molecule has 0 aliphatic carbocycles. The number of H-pyrrole nitrogens is 2. The van der Waals surface area contributed by atoms with Crippen LogP contribution in [0.4, 0.5) is 15.3 Å². The molecule has 19 heteroatoms. The Labute approximate surface area is 364 Å². The molecule has 2 atom stereocenters. The number of ether oxygens (including phenoxy) is 2. The molecule has 6 rings (SSSR count). The van der Waals surface area contributed by atoms with Gasteiger partial charge in [-0.2, -0.15) is 0 Å². The van der Waals surface area contributed by atoms with Crippen LogP contribution in [0.3, 0.4) is 0 Å². The quantitative estimate of drug-likeness (QED) is 0.131. The van der Waals surface area contributed by atoms with Crippen LogP contribution in [-0.2, 0) is 23.6 Å². The van der Waals surface area contributed by atoms with Crippen LogP contribution in [0.2, 0.25) is 0 Å². The van der Waals surface area contributed by atoms with Gasteiger partial charge in [0.05, 0.1) is 22.1 Å². The van der Waals surface area contributed by atoms with E-state index in [2.05, 4.69) is 74.3 Å². The molecule has 4 heterocycles. The summed E-state index contributed by atoms with van der Waals surface area (Å²) < 4.78 is 14.8. The van der Waals surface area contributed by atoms with Crippen molar-refractivity contribution in [2.75, 3.05) is 63.9 Å². The molecule has 2 aromatic heterocycles. The third-order valence-corrected chi connectivity index (χ3v) is 8.31. The van der Waals surface area contributed by atoms with E-state index < -0.39 is 5.60 Å². The zero-order valence-corrected chi connectivity index (χ0v) is 41.5. The molecule has 3 N–H and O–H groups in total. The lowest BCUT2D eigenvalue weighted by atomic mass is 10.2. The number of amides is 2. The van der Waals surface area contributed by atoms with E-state index in [9.17, 15) is 19.2 Å². The van der Waals surface area contributed by atoms with Gasteiger partial charge < -0.3 is 39.5 Å². The fourth-order valence-corrected chi connectivity index (χ4v) is 5.60. The summed E-state index contributed by atoms with van der Waals surface area (Å²) in [5, 5.41) is 3.18. The van der Waals surface area contributed by atoms with Crippen molar-refractivity contribution in [3.63, 3.8) is 0 Å². The van der Waals surface area contributed by atoms with Crippen LogP contribution in [0.5, 0.6) is 0 Å². The Kier molecular flexibility index (Phi) is 24.8. The number of hydrogen-bond acceptors (Lipinski definition) is 8. The summed E-state index contributed by atoms with van der Waals surface area (Å²) in [4.78, 5) is 57.7. The van der Waals surface area contributed by atoms with Crippen LogP contribution >= 0.6 is 66.5 Å². The number of piperazine rings is 2. The first-order valence-corrected chi connectivity index (χ1v) is 24.3. The van der Waals surface area contributed by atoms with Crippen molar-refractivity contribution >= 4 is 106 Å². The molecule has 2 aliphatic heterocycles. The molecule has 4 aromatic rings. The summed E-state index contributed by atoms with van der Waals surface area (Å²) in [7, 11) is 5.92. The van der Waals surface area contributed by atoms with Gasteiger partial charge in [-0.15, -0.1) is 21.6 Å². The normalized spacial score (nSPS) is 13.7. The summed E-state index contributed by atoms with van der Waals surface area (Å²) in [6, 6.07) is 11.6. The number of aromatic nitrogens is 4. The monoisotopic (exact) mass is 1020 g/mol. The molecule has 2 saturated heterocycles. The van der Waals surface area contributed by atoms with Gasteiger partial charge in [0.15, 0.2) is 0 Å². The van der Waals surface area contributed by atoms with Gasteiger partial charge in [0.2, 0.25) is 0 Å². The topological polar surface area (TPSA) is 150 Å². The van der Waals surface area contributed by atoms with E-state index in [1.165, 1.54) is 0 Å². The minimum atomic E-state index is -0.474. The second kappa shape index (κ2) is 25.9. The lowest BCUT2D eigenvalue weighted by molar-refractivity contribution is 0.0223. The maximum Gasteiger partial charge on any atom is 0.410 e. The van der Waals surface area contributed by atoms with Crippen LogP contribution in [-0.4, -0.2) is 111 Å². The second-order valence-electron chi connectivity index (χ2n) is 14.0. The number of rotatable bonds is 1. The van der Waals surface area contributed by atoms with Gasteiger partial charge in [-0.3, -0.25) is 9.13 Å². The third kappa shape index (κ3) is 17.2. The molecule has 2 aromatic carbocycles. The molecule has 0 spiro atoms. The van der Waals surface area contributed by atoms with Crippen LogP contribution in [0.25, 0.3) is 22.1 Å². The van der Waals surface area contributed by atoms with Gasteiger partial charge >= 0.3 is 23.6 Å². The van der Waals surface area contributed by atoms with Gasteiger partial charge in [0.25, 0.3) is 0 Å². The van der Waals surface area contributed by atoms with Crippen LogP contribution in [0, 0.1) is 0 Å². The fourth-order valence-electron chi connectivity index (χ4n) is 5.25. The van der Waals surface area contributed by atoms with Gasteiger partial charge in [0.1, 0.15) is 11.2 Å². The number of nitrogens with zero attached hydrogens (tertiary/aromatic N) is 5. The number of carbonyl (C=O) groups excluding carboxylic acids is 2. The van der Waals surface area contributed by atoms with Crippen LogP contribution in [0.1, 0.15) is 55.4 Å². The molecule has 0 radical (unpaired) electrons. The van der Waals surface area contributed by atoms with Crippen molar-refractivity contribution in [3.05, 3.63) is 61.8 Å². The van der Waals surface area contributed by atoms with Gasteiger partial charge in [-0.05, 0) is 77.9 Å². The van der Waals surface area contributed by atoms with Gasteiger partial charge in [0, 0.05) is 76.6 Å². The average Bonchev–Trinajstić information content (AvgIpc) is 3.61. The minimum absolute atomic E-state index is 0. The summed E-state index contributed by atoms with van der Waals surface area (Å²) >= 11 is 5.41. The van der Waals surface area contributed by atoms with E-state index in [-0.39, 0.29) is 41.6 Å². The highest BCUT2D eigenvalue weighted by Crippen LogP contribution is 2.22. The molecule has 2 fully saturated rings. The van der Waals surface area contributed by atoms with Gasteiger partial charge in [-0.25, -0.2) is 19.2 Å². The average molecular weight is 1020 g/mol. The smallest absolute Gasteiger partial charge is 0.410 e. The van der Waals surface area contributed by atoms with E-state index in [0.717, 1.165) is 71.5 Å². The van der Waals surface area contributed by atoms with Crippen LogP contribution < -0.4 is 21.6 Å². The number of benzene rings is 2. The van der Waals surface area contributed by atoms with E-state index in [4.69, 9.17) is 9.47 Å². The summed E-state index contributed by atoms with van der Waals surface area (Å²) in [5.74, 6) is 0. The zero-order valence-electron chi connectivity index (χ0n) is 34.6. The number of aryl methyl sites for hydroxylation is 2. The zero-order chi connectivity index (χ0) is 42.1. The Morgan fingerprint density at radius 2 is 1.09 bits per heavy atom. The Bertz CT molecular complexity index is 1890. The molecular formula is C37H63BrClIN8O6P2. The minimum Gasteiger partial charge on any atom is -0.444 e. The lowest BCUT2D eigenvalue weighted by Gasteiger charge is -2.36. The van der Waals surface area contributed by atoms with E-state index in [1.54, 1.807) is 33.0 Å². The maximum atomic E-state index is 12.1. The highest BCUT2D eigenvalue weighted by molar-refractivity contribution is 14.2. The predicted molar refractivity (Wildman–Crippen MR) is 253 cm³/mol. The molecule has 0 saturated carbocycles. The van der Waals surface area contributed by atoms with Crippen molar-refractivity contribution in [2.45, 2.75) is 66.6 Å². The van der Waals surface area contributed by atoms with E-state index >= 15 is 0 Å². The summed E-state index contributed by atoms with van der Waals surface area (Å²) in [5.41, 5.74) is 3.49. The van der Waals surface area contributed by atoms with E-state index in [0.29, 0.717) is 13.1 Å². The van der Waals surface area contributed by atoms with Gasteiger partial charge in [-0.1, -0.05) is 65.4 Å². The number of halogens is 3. The summed E-state index contributed by atoms with van der Waals surface area (Å²) in [6.45, 7) is 25.5. The van der Waals surface area contributed by atoms with Crippen molar-refractivity contribution in [2.24, 2.45) is 14.1 Å². The first-order chi connectivity index (χ1) is 25.9. The Morgan fingerprint density at radius 1 is 0.696 bits per heavy atom. The summed E-state index contributed by atoms with van der Waals surface area (Å²) in [6.07, 6.45) is -0.459. The van der Waals surface area contributed by atoms with Crippen LogP contribution in [0.15, 0.2) is 50.5 Å². The highest BCUT2D eigenvalue weighted by atomic mass is 127. The molecule has 2 aliphatic rings. The van der Waals surface area contributed by atoms with E-state index in [1.807, 2.05) is 98.5 Å². The number of carbonyl (C=O) groups is 2. The molecular weight excluding hydrogens is 957 g/mol. The largest absolute Gasteiger partial charge is 0.444 e. The highest BCUT2D eigenvalue weighted by Gasteiger charge is 2.26. The SMILES string of the molecule is CC.CC(C)(C)OC(=O)N1CCNCC1.CP.Cl.Cn1c(=O)[nH]c2ccc(Br)cc21.Cn1c(=O)[nH]c2ccc(N3CCN(C(=O)OC(C)(C)C)CC3)cc21.PI. The maximum absolute atomic E-state index is 12.1. The Hall–Kier alpha value is -2.36. The molecule has 2 unspecified atom stereocenters. The first-order valence-electron chi connectivity index (χ1n) is 18.2. The molecule has 2 amide bonds. The Morgan fingerprint density at radius 3 is 1.52 bits per heavy atom. The number of imidazole rings is 2. The molecule has 0 bridgehead atoms. The number of nitrogens with one attached hydrogen (secondary N) is 3. The van der Waals surface area contributed by atoms with Crippen molar-refractivity contribution < 1.29 is 19.1 Å². The first kappa shape index (κ1) is 53.6. The lowest BCUT2D eigenvalue weighted by Crippen LogP contribution is -2.50. The second-order valence-corrected chi connectivity index (χ2v) is 14.9. The molecule has 318 valence electrons. The van der Waals surface area contributed by atoms with Crippen molar-refractivity contribution in [1.29, 1.82) is 0 Å². The molecule has 56 heavy (non-hydrogen) atoms. The Balaban J connectivity index is 0.000000806.